The second kappa shape index (κ2) is 1.62. The summed E-state index contributed by atoms with van der Waals surface area (Å²) in [5.41, 5.74) is 1.07. The standard InChI is InChI=1S/C5H7NS/c1-5-3-4-7-6(5)2/h3-4H,1H2,2H3. The molecule has 1 aliphatic heterocycles. The Bertz CT molecular complexity index is 117. The van der Waals surface area contributed by atoms with Crippen molar-refractivity contribution < 1.29 is 0 Å². The van der Waals surface area contributed by atoms with Gasteiger partial charge in [0.2, 0.25) is 0 Å². The maximum atomic E-state index is 3.75. The minimum Gasteiger partial charge on any atom is -0.316 e. The first-order chi connectivity index (χ1) is 3.30. The fourth-order valence-electron chi connectivity index (χ4n) is 0.373. The number of hydrogen-bond acceptors (Lipinski definition) is 2. The van der Waals surface area contributed by atoms with E-state index in [4.69, 9.17) is 0 Å². The maximum Gasteiger partial charge on any atom is 0.0403 e. The van der Waals surface area contributed by atoms with E-state index in [-0.39, 0.29) is 0 Å². The van der Waals surface area contributed by atoms with E-state index in [0.717, 1.165) is 5.70 Å². The van der Waals surface area contributed by atoms with Crippen LogP contribution in [-0.4, -0.2) is 11.4 Å². The van der Waals surface area contributed by atoms with Crippen LogP contribution in [0.2, 0.25) is 0 Å². The Labute approximate surface area is 47.8 Å². The molecule has 0 aromatic carbocycles. The van der Waals surface area contributed by atoms with Crippen molar-refractivity contribution in [3.8, 4) is 0 Å². The van der Waals surface area contributed by atoms with E-state index >= 15 is 0 Å². The third-order valence-electron chi connectivity index (χ3n) is 0.884. The van der Waals surface area contributed by atoms with Crippen LogP contribution in [0, 0.1) is 0 Å². The first-order valence-electron chi connectivity index (χ1n) is 2.06. The molecule has 2 heteroatoms. The van der Waals surface area contributed by atoms with E-state index in [1.807, 2.05) is 22.8 Å². The molecular weight excluding hydrogens is 106 g/mol. The van der Waals surface area contributed by atoms with Gasteiger partial charge in [0.25, 0.3) is 0 Å². The summed E-state index contributed by atoms with van der Waals surface area (Å²) in [5.74, 6) is 0. The van der Waals surface area contributed by atoms with Crippen LogP contribution in [0.3, 0.4) is 0 Å². The van der Waals surface area contributed by atoms with Crippen LogP contribution in [0.25, 0.3) is 0 Å². The highest BCUT2D eigenvalue weighted by atomic mass is 32.2. The molecule has 38 valence electrons. The fraction of sp³-hybridized carbons (Fsp3) is 0.200. The van der Waals surface area contributed by atoms with Crippen molar-refractivity contribution in [2.24, 2.45) is 0 Å². The molecule has 1 nitrogen and oxygen atoms in total. The predicted octanol–water partition coefficient (Wildman–Crippen LogP) is 1.61. The lowest BCUT2D eigenvalue weighted by molar-refractivity contribution is 0.746. The van der Waals surface area contributed by atoms with Gasteiger partial charge in [0.15, 0.2) is 0 Å². The van der Waals surface area contributed by atoms with E-state index in [1.165, 1.54) is 0 Å². The minimum atomic E-state index is 1.07. The van der Waals surface area contributed by atoms with E-state index in [2.05, 4.69) is 6.58 Å². The van der Waals surface area contributed by atoms with Crippen LogP contribution in [-0.2, 0) is 0 Å². The minimum absolute atomic E-state index is 1.07. The summed E-state index contributed by atoms with van der Waals surface area (Å²) in [7, 11) is 1.99. The lowest BCUT2D eigenvalue weighted by Gasteiger charge is -2.06. The summed E-state index contributed by atoms with van der Waals surface area (Å²) in [5, 5.41) is 2.02. The molecule has 1 rings (SSSR count). The number of hydrogen-bond donors (Lipinski definition) is 0. The van der Waals surface area contributed by atoms with Gasteiger partial charge < -0.3 is 4.31 Å². The molecule has 1 aliphatic rings. The predicted molar refractivity (Wildman–Crippen MR) is 33.6 cm³/mol. The van der Waals surface area contributed by atoms with Gasteiger partial charge in [-0.2, -0.15) is 0 Å². The summed E-state index contributed by atoms with van der Waals surface area (Å²) < 4.78 is 2.01. The maximum absolute atomic E-state index is 3.75. The smallest absolute Gasteiger partial charge is 0.0403 e. The molecule has 0 aliphatic carbocycles. The zero-order valence-corrected chi connectivity index (χ0v) is 5.03. The van der Waals surface area contributed by atoms with Crippen LogP contribution < -0.4 is 0 Å². The zero-order valence-electron chi connectivity index (χ0n) is 4.22. The SMILES string of the molecule is C=C1C=CSN1C. The summed E-state index contributed by atoms with van der Waals surface area (Å²) in [6, 6.07) is 0. The van der Waals surface area contributed by atoms with Crippen molar-refractivity contribution in [3.05, 3.63) is 23.8 Å². The molecule has 0 saturated heterocycles. The monoisotopic (exact) mass is 113 g/mol. The van der Waals surface area contributed by atoms with Gasteiger partial charge in [0.05, 0.1) is 0 Å². The molecule has 0 amide bonds. The Hall–Kier alpha value is -0.370. The normalized spacial score (nSPS) is 19.0. The average Bonchev–Trinajstić information content (AvgIpc) is 1.91. The van der Waals surface area contributed by atoms with Crippen molar-refractivity contribution in [2.45, 2.75) is 0 Å². The Kier molecular flexibility index (Phi) is 1.11. The van der Waals surface area contributed by atoms with Gasteiger partial charge >= 0.3 is 0 Å². The first kappa shape index (κ1) is 4.78. The van der Waals surface area contributed by atoms with E-state index in [0.29, 0.717) is 0 Å². The molecule has 0 bridgehead atoms. The van der Waals surface area contributed by atoms with Crippen molar-refractivity contribution in [3.63, 3.8) is 0 Å². The van der Waals surface area contributed by atoms with Gasteiger partial charge in [-0.05, 0) is 23.4 Å². The van der Waals surface area contributed by atoms with Gasteiger partial charge in [-0.1, -0.05) is 6.58 Å². The van der Waals surface area contributed by atoms with E-state index in [9.17, 15) is 0 Å². The van der Waals surface area contributed by atoms with E-state index in [1.54, 1.807) is 11.9 Å². The van der Waals surface area contributed by atoms with Crippen LogP contribution in [0.5, 0.6) is 0 Å². The van der Waals surface area contributed by atoms with Crippen molar-refractivity contribution in [2.75, 3.05) is 7.05 Å². The highest BCUT2D eigenvalue weighted by molar-refractivity contribution is 8.00. The quantitative estimate of drug-likeness (QED) is 0.439. The largest absolute Gasteiger partial charge is 0.316 e. The molecule has 0 saturated carbocycles. The molecule has 7 heavy (non-hydrogen) atoms. The Morgan fingerprint density at radius 2 is 2.57 bits per heavy atom. The topological polar surface area (TPSA) is 3.24 Å². The number of likely N-dealkylation sites (N-methyl/N-ethyl adjacent to an activating group) is 1. The average molecular weight is 113 g/mol. The fourth-order valence-corrected chi connectivity index (χ4v) is 0.970. The third-order valence-corrected chi connectivity index (χ3v) is 1.69. The van der Waals surface area contributed by atoms with Crippen LogP contribution >= 0.6 is 11.9 Å². The molecular formula is C5H7NS. The van der Waals surface area contributed by atoms with Gasteiger partial charge in [-0.15, -0.1) is 0 Å². The van der Waals surface area contributed by atoms with Crippen molar-refractivity contribution in [1.29, 1.82) is 0 Å². The molecule has 0 fully saturated rings. The van der Waals surface area contributed by atoms with Crippen molar-refractivity contribution >= 4 is 11.9 Å². The van der Waals surface area contributed by atoms with Gasteiger partial charge in [-0.25, -0.2) is 0 Å². The van der Waals surface area contributed by atoms with Gasteiger partial charge in [0.1, 0.15) is 0 Å². The molecule has 0 radical (unpaired) electrons. The number of nitrogens with zero attached hydrogens (tertiary/aromatic N) is 1. The van der Waals surface area contributed by atoms with Crippen LogP contribution in [0.1, 0.15) is 0 Å². The Morgan fingerprint density at radius 1 is 1.86 bits per heavy atom. The molecule has 0 atom stereocenters. The molecule has 0 aromatic rings. The highest BCUT2D eigenvalue weighted by Crippen LogP contribution is 2.22. The molecule has 0 spiro atoms. The number of allylic oxidation sites excluding steroid dienone is 1. The second-order valence-corrected chi connectivity index (χ2v) is 2.43. The van der Waals surface area contributed by atoms with Crippen LogP contribution in [0.15, 0.2) is 23.8 Å². The second-order valence-electron chi connectivity index (χ2n) is 1.40. The number of rotatable bonds is 0. The first-order valence-corrected chi connectivity index (χ1v) is 2.90. The lowest BCUT2D eigenvalue weighted by atomic mass is 10.5. The third kappa shape index (κ3) is 0.800. The summed E-state index contributed by atoms with van der Waals surface area (Å²) >= 11 is 1.66. The highest BCUT2D eigenvalue weighted by Gasteiger charge is 2.01. The molecule has 0 unspecified atom stereocenters. The summed E-state index contributed by atoms with van der Waals surface area (Å²) in [6.45, 7) is 3.75. The summed E-state index contributed by atoms with van der Waals surface area (Å²) in [4.78, 5) is 0. The van der Waals surface area contributed by atoms with Gasteiger partial charge in [-0.3, -0.25) is 0 Å². The van der Waals surface area contributed by atoms with Crippen molar-refractivity contribution in [1.82, 2.24) is 4.31 Å². The zero-order chi connectivity index (χ0) is 5.28. The van der Waals surface area contributed by atoms with Gasteiger partial charge in [0, 0.05) is 12.7 Å². The van der Waals surface area contributed by atoms with Crippen LogP contribution in [0.4, 0.5) is 0 Å². The molecule has 0 N–H and O–H groups in total. The Morgan fingerprint density at radius 3 is 2.71 bits per heavy atom. The Balaban J connectivity index is 2.62. The lowest BCUT2D eigenvalue weighted by Crippen LogP contribution is -1.98. The summed E-state index contributed by atoms with van der Waals surface area (Å²) in [6.07, 6.45) is 1.99. The van der Waals surface area contributed by atoms with E-state index < -0.39 is 0 Å². The molecule has 1 heterocycles. The molecule has 0 aromatic heterocycles.